The van der Waals surface area contributed by atoms with E-state index in [1.807, 2.05) is 25.1 Å². The number of aliphatic hydroxyl groups is 1. The molecule has 1 unspecified atom stereocenters. The predicted octanol–water partition coefficient (Wildman–Crippen LogP) is 1.19. The molecule has 1 aliphatic rings. The number of hydrogen-bond donors (Lipinski definition) is 2. The third-order valence-corrected chi connectivity index (χ3v) is 4.24. The third-order valence-electron chi connectivity index (χ3n) is 4.24. The molecule has 0 spiro atoms. The molecule has 1 saturated heterocycles. The van der Waals surface area contributed by atoms with Gasteiger partial charge in [-0.2, -0.15) is 0 Å². The Bertz CT molecular complexity index is 561. The number of benzene rings is 1. The van der Waals surface area contributed by atoms with Gasteiger partial charge in [0.2, 0.25) is 0 Å². The SMILES string of the molecule is CCN(CCO)Cc1cccc(C(=O)N2CCCC2C(=O)O)c1. The third kappa shape index (κ3) is 4.30. The minimum atomic E-state index is -0.938. The highest BCUT2D eigenvalue weighted by Crippen LogP contribution is 2.21. The topological polar surface area (TPSA) is 81.1 Å². The molecule has 0 radical (unpaired) electrons. The number of amides is 1. The first-order valence-corrected chi connectivity index (χ1v) is 8.02. The fourth-order valence-corrected chi connectivity index (χ4v) is 2.98. The molecule has 0 bridgehead atoms. The van der Waals surface area contributed by atoms with E-state index in [9.17, 15) is 14.7 Å². The lowest BCUT2D eigenvalue weighted by Crippen LogP contribution is -2.40. The number of carboxylic acid groups (broad SMARTS) is 1. The van der Waals surface area contributed by atoms with Crippen LogP contribution in [0.3, 0.4) is 0 Å². The summed E-state index contributed by atoms with van der Waals surface area (Å²) in [5, 5.41) is 18.3. The second-order valence-electron chi connectivity index (χ2n) is 5.79. The van der Waals surface area contributed by atoms with Gasteiger partial charge in [0, 0.05) is 25.2 Å². The van der Waals surface area contributed by atoms with Gasteiger partial charge in [-0.15, -0.1) is 0 Å². The maximum absolute atomic E-state index is 12.6. The summed E-state index contributed by atoms with van der Waals surface area (Å²) in [5.74, 6) is -1.16. The van der Waals surface area contributed by atoms with Crippen LogP contribution >= 0.6 is 0 Å². The zero-order chi connectivity index (χ0) is 16.8. The quantitative estimate of drug-likeness (QED) is 0.789. The number of nitrogens with zero attached hydrogens (tertiary/aromatic N) is 2. The van der Waals surface area contributed by atoms with Crippen LogP contribution in [0.4, 0.5) is 0 Å². The Morgan fingerprint density at radius 2 is 2.17 bits per heavy atom. The molecule has 1 aliphatic heterocycles. The highest BCUT2D eigenvalue weighted by Gasteiger charge is 2.34. The van der Waals surface area contributed by atoms with E-state index in [4.69, 9.17) is 5.11 Å². The molecule has 1 aromatic rings. The molecule has 1 amide bonds. The fraction of sp³-hybridized carbons (Fsp3) is 0.529. The Hall–Kier alpha value is -1.92. The van der Waals surface area contributed by atoms with E-state index >= 15 is 0 Å². The fourth-order valence-electron chi connectivity index (χ4n) is 2.98. The van der Waals surface area contributed by atoms with Crippen LogP contribution in [-0.4, -0.2) is 64.2 Å². The second kappa shape index (κ2) is 8.08. The number of carbonyl (C=O) groups is 2. The molecule has 126 valence electrons. The van der Waals surface area contributed by atoms with Gasteiger partial charge in [0.05, 0.1) is 6.61 Å². The van der Waals surface area contributed by atoms with Crippen molar-refractivity contribution in [3.8, 4) is 0 Å². The molecule has 2 N–H and O–H groups in total. The Balaban J connectivity index is 2.12. The molecule has 6 heteroatoms. The first-order chi connectivity index (χ1) is 11.1. The minimum Gasteiger partial charge on any atom is -0.480 e. The van der Waals surface area contributed by atoms with Crippen LogP contribution < -0.4 is 0 Å². The smallest absolute Gasteiger partial charge is 0.326 e. The van der Waals surface area contributed by atoms with Gasteiger partial charge in [-0.3, -0.25) is 9.69 Å². The van der Waals surface area contributed by atoms with Crippen LogP contribution in [0.2, 0.25) is 0 Å². The van der Waals surface area contributed by atoms with Crippen LogP contribution in [0, 0.1) is 0 Å². The standard InChI is InChI=1S/C17H24N2O4/c1-2-18(9-10-20)12-13-5-3-6-14(11-13)16(21)19-8-4-7-15(19)17(22)23/h3,5-6,11,15,20H,2,4,7-10,12H2,1H3,(H,22,23). The highest BCUT2D eigenvalue weighted by atomic mass is 16.4. The van der Waals surface area contributed by atoms with Crippen LogP contribution in [0.15, 0.2) is 24.3 Å². The number of likely N-dealkylation sites (N-methyl/N-ethyl adjacent to an activating group) is 1. The van der Waals surface area contributed by atoms with Gasteiger partial charge in [-0.25, -0.2) is 4.79 Å². The summed E-state index contributed by atoms with van der Waals surface area (Å²) < 4.78 is 0. The molecular weight excluding hydrogens is 296 g/mol. The number of aliphatic hydroxyl groups excluding tert-OH is 1. The van der Waals surface area contributed by atoms with Gasteiger partial charge in [-0.05, 0) is 37.1 Å². The van der Waals surface area contributed by atoms with Crippen LogP contribution in [0.1, 0.15) is 35.7 Å². The summed E-state index contributed by atoms with van der Waals surface area (Å²) in [6.07, 6.45) is 1.24. The van der Waals surface area contributed by atoms with Crippen molar-refractivity contribution < 1.29 is 19.8 Å². The maximum atomic E-state index is 12.6. The molecule has 1 heterocycles. The molecule has 1 atom stereocenters. The molecule has 23 heavy (non-hydrogen) atoms. The van der Waals surface area contributed by atoms with Crippen molar-refractivity contribution in [1.82, 2.24) is 9.80 Å². The van der Waals surface area contributed by atoms with E-state index < -0.39 is 12.0 Å². The first-order valence-electron chi connectivity index (χ1n) is 8.02. The number of aliphatic carboxylic acids is 1. The number of carbonyl (C=O) groups excluding carboxylic acids is 1. The van der Waals surface area contributed by atoms with Crippen molar-refractivity contribution in [2.24, 2.45) is 0 Å². The van der Waals surface area contributed by atoms with E-state index in [1.54, 1.807) is 6.07 Å². The Morgan fingerprint density at radius 3 is 2.83 bits per heavy atom. The average molecular weight is 320 g/mol. The highest BCUT2D eigenvalue weighted by molar-refractivity contribution is 5.97. The van der Waals surface area contributed by atoms with Gasteiger partial charge < -0.3 is 15.1 Å². The summed E-state index contributed by atoms with van der Waals surface area (Å²) in [4.78, 5) is 27.4. The minimum absolute atomic E-state index is 0.0977. The van der Waals surface area contributed by atoms with E-state index in [0.717, 1.165) is 18.5 Å². The molecular formula is C17H24N2O4. The summed E-state index contributed by atoms with van der Waals surface area (Å²) in [5.41, 5.74) is 1.51. The average Bonchev–Trinajstić information content (AvgIpc) is 3.04. The van der Waals surface area contributed by atoms with Crippen molar-refractivity contribution in [2.75, 3.05) is 26.2 Å². The van der Waals surface area contributed by atoms with Gasteiger partial charge in [-0.1, -0.05) is 19.1 Å². The lowest BCUT2D eigenvalue weighted by molar-refractivity contribution is -0.141. The van der Waals surface area contributed by atoms with Crippen molar-refractivity contribution in [3.05, 3.63) is 35.4 Å². The van der Waals surface area contributed by atoms with Crippen LogP contribution in [0.5, 0.6) is 0 Å². The van der Waals surface area contributed by atoms with Crippen molar-refractivity contribution in [1.29, 1.82) is 0 Å². The van der Waals surface area contributed by atoms with Gasteiger partial charge in [0.15, 0.2) is 0 Å². The van der Waals surface area contributed by atoms with E-state index in [2.05, 4.69) is 4.90 Å². The molecule has 2 rings (SSSR count). The number of rotatable bonds is 7. The summed E-state index contributed by atoms with van der Waals surface area (Å²) in [6.45, 7) is 4.66. The lowest BCUT2D eigenvalue weighted by atomic mass is 10.1. The van der Waals surface area contributed by atoms with Crippen LogP contribution in [0.25, 0.3) is 0 Å². The Kier molecular flexibility index (Phi) is 6.12. The maximum Gasteiger partial charge on any atom is 0.326 e. The van der Waals surface area contributed by atoms with Crippen molar-refractivity contribution in [2.45, 2.75) is 32.4 Å². The normalized spacial score (nSPS) is 17.7. The second-order valence-corrected chi connectivity index (χ2v) is 5.79. The molecule has 1 aromatic carbocycles. The molecule has 0 aromatic heterocycles. The monoisotopic (exact) mass is 320 g/mol. The molecule has 0 aliphatic carbocycles. The van der Waals surface area contributed by atoms with E-state index in [-0.39, 0.29) is 12.5 Å². The van der Waals surface area contributed by atoms with E-state index in [1.165, 1.54) is 4.90 Å². The summed E-state index contributed by atoms with van der Waals surface area (Å²) >= 11 is 0. The van der Waals surface area contributed by atoms with Crippen molar-refractivity contribution in [3.63, 3.8) is 0 Å². The molecule has 0 saturated carbocycles. The first kappa shape index (κ1) is 17.4. The Labute approximate surface area is 136 Å². The zero-order valence-corrected chi connectivity index (χ0v) is 13.4. The van der Waals surface area contributed by atoms with Gasteiger partial charge in [0.1, 0.15) is 6.04 Å². The number of hydrogen-bond acceptors (Lipinski definition) is 4. The largest absolute Gasteiger partial charge is 0.480 e. The number of carboxylic acids is 1. The predicted molar refractivity (Wildman–Crippen MR) is 86.2 cm³/mol. The Morgan fingerprint density at radius 1 is 1.39 bits per heavy atom. The lowest BCUT2D eigenvalue weighted by Gasteiger charge is -2.22. The van der Waals surface area contributed by atoms with E-state index in [0.29, 0.717) is 31.6 Å². The van der Waals surface area contributed by atoms with Gasteiger partial charge in [0.25, 0.3) is 5.91 Å². The zero-order valence-electron chi connectivity index (χ0n) is 13.4. The van der Waals surface area contributed by atoms with Crippen molar-refractivity contribution >= 4 is 11.9 Å². The van der Waals surface area contributed by atoms with Gasteiger partial charge >= 0.3 is 5.97 Å². The number of likely N-dealkylation sites (tertiary alicyclic amines) is 1. The van der Waals surface area contributed by atoms with Crippen LogP contribution in [-0.2, 0) is 11.3 Å². The summed E-state index contributed by atoms with van der Waals surface area (Å²) in [6, 6.07) is 6.59. The molecule has 6 nitrogen and oxygen atoms in total. The molecule has 1 fully saturated rings. The summed E-state index contributed by atoms with van der Waals surface area (Å²) in [7, 11) is 0.